The van der Waals surface area contributed by atoms with Gasteiger partial charge in [-0.15, -0.1) is 0 Å². The number of amides is 1. The third-order valence-corrected chi connectivity index (χ3v) is 3.01. The molecule has 5 nitrogen and oxygen atoms in total. The molecule has 0 atom stereocenters. The lowest BCUT2D eigenvalue weighted by atomic mass is 10.2. The van der Waals surface area contributed by atoms with Gasteiger partial charge in [-0.05, 0) is 38.5 Å². The molecule has 0 aromatic heterocycles. The van der Waals surface area contributed by atoms with E-state index in [1.54, 1.807) is 0 Å². The van der Waals surface area contributed by atoms with Crippen molar-refractivity contribution >= 4 is 29.2 Å². The van der Waals surface area contributed by atoms with Gasteiger partial charge < -0.3 is 16.0 Å². The van der Waals surface area contributed by atoms with Crippen LogP contribution in [0, 0.1) is 6.92 Å². The zero-order valence-electron chi connectivity index (χ0n) is 12.8. The summed E-state index contributed by atoms with van der Waals surface area (Å²) in [6, 6.07) is 5.54. The third-order valence-electron chi connectivity index (χ3n) is 2.70. The molecular weight excluding hydrogens is 288 g/mol. The first-order valence-corrected chi connectivity index (χ1v) is 7.52. The van der Waals surface area contributed by atoms with Crippen molar-refractivity contribution in [2.75, 3.05) is 25.0 Å². The number of benzene rings is 1. The summed E-state index contributed by atoms with van der Waals surface area (Å²) in [6.07, 6.45) is 0.310. The summed E-state index contributed by atoms with van der Waals surface area (Å²) in [7, 11) is 0. The number of hydrogen-bond acceptors (Lipinski definition) is 2. The average molecular weight is 311 g/mol. The molecule has 6 heteroatoms. The van der Waals surface area contributed by atoms with Crippen molar-refractivity contribution < 1.29 is 4.79 Å². The van der Waals surface area contributed by atoms with Crippen LogP contribution in [0.2, 0.25) is 5.02 Å². The van der Waals surface area contributed by atoms with Crippen LogP contribution in [0.25, 0.3) is 0 Å². The van der Waals surface area contributed by atoms with Crippen molar-refractivity contribution in [3.8, 4) is 0 Å². The molecule has 1 aromatic rings. The van der Waals surface area contributed by atoms with E-state index in [1.165, 1.54) is 0 Å². The second-order valence-corrected chi connectivity index (χ2v) is 4.98. The summed E-state index contributed by atoms with van der Waals surface area (Å²) in [5.74, 6) is 0.623. The third kappa shape index (κ3) is 6.49. The smallest absolute Gasteiger partial charge is 0.226 e. The number of aryl methyl sites for hydroxylation is 1. The van der Waals surface area contributed by atoms with E-state index in [0.29, 0.717) is 23.7 Å². The van der Waals surface area contributed by atoms with Gasteiger partial charge in [-0.3, -0.25) is 9.79 Å². The SMILES string of the molecule is CCNC(=NCCC(=O)Nc1ccc(C)cc1Cl)NCC. The second-order valence-electron chi connectivity index (χ2n) is 4.57. The zero-order chi connectivity index (χ0) is 15.7. The van der Waals surface area contributed by atoms with Crippen molar-refractivity contribution in [2.24, 2.45) is 4.99 Å². The first kappa shape index (κ1) is 17.3. The van der Waals surface area contributed by atoms with E-state index in [1.807, 2.05) is 39.0 Å². The van der Waals surface area contributed by atoms with Gasteiger partial charge in [-0.2, -0.15) is 0 Å². The number of hydrogen-bond donors (Lipinski definition) is 3. The Bertz CT molecular complexity index is 494. The zero-order valence-corrected chi connectivity index (χ0v) is 13.5. The van der Waals surface area contributed by atoms with Gasteiger partial charge in [0.25, 0.3) is 0 Å². The van der Waals surface area contributed by atoms with Gasteiger partial charge in [-0.1, -0.05) is 17.7 Å². The van der Waals surface area contributed by atoms with E-state index in [9.17, 15) is 4.79 Å². The standard InChI is InChI=1S/C15H23ClN4O/c1-4-17-15(18-5-2)19-9-8-14(21)20-13-7-6-11(3)10-12(13)16/h6-7,10H,4-5,8-9H2,1-3H3,(H,20,21)(H2,17,18,19). The van der Waals surface area contributed by atoms with E-state index >= 15 is 0 Å². The Balaban J connectivity index is 2.48. The van der Waals surface area contributed by atoms with Crippen LogP contribution in [-0.2, 0) is 4.79 Å². The van der Waals surface area contributed by atoms with E-state index in [2.05, 4.69) is 20.9 Å². The van der Waals surface area contributed by atoms with Gasteiger partial charge in [0.2, 0.25) is 5.91 Å². The molecule has 0 aliphatic heterocycles. The van der Waals surface area contributed by atoms with Crippen LogP contribution in [-0.4, -0.2) is 31.5 Å². The predicted octanol–water partition coefficient (Wildman–Crippen LogP) is 2.55. The number of nitrogens with one attached hydrogen (secondary N) is 3. The van der Waals surface area contributed by atoms with E-state index in [4.69, 9.17) is 11.6 Å². The summed E-state index contributed by atoms with van der Waals surface area (Å²) >= 11 is 6.08. The average Bonchev–Trinajstić information content (AvgIpc) is 2.42. The van der Waals surface area contributed by atoms with Crippen LogP contribution in [0.5, 0.6) is 0 Å². The number of rotatable bonds is 6. The highest BCUT2D eigenvalue weighted by molar-refractivity contribution is 6.33. The van der Waals surface area contributed by atoms with Crippen LogP contribution < -0.4 is 16.0 Å². The molecule has 0 saturated heterocycles. The van der Waals surface area contributed by atoms with E-state index in [-0.39, 0.29) is 5.91 Å². The molecule has 0 spiro atoms. The summed E-state index contributed by atoms with van der Waals surface area (Å²) in [5, 5.41) is 9.56. The number of aliphatic imine (C=N–C) groups is 1. The number of halogens is 1. The molecule has 0 aliphatic carbocycles. The van der Waals surface area contributed by atoms with Gasteiger partial charge in [0.15, 0.2) is 5.96 Å². The Labute approximate surface area is 131 Å². The molecule has 1 amide bonds. The topological polar surface area (TPSA) is 65.5 Å². The van der Waals surface area contributed by atoms with Crippen LogP contribution in [0.1, 0.15) is 25.8 Å². The molecule has 0 unspecified atom stereocenters. The summed E-state index contributed by atoms with van der Waals surface area (Å²) in [6.45, 7) is 7.95. The maximum absolute atomic E-state index is 11.9. The quantitative estimate of drug-likeness (QED) is 0.559. The first-order valence-electron chi connectivity index (χ1n) is 7.15. The van der Waals surface area contributed by atoms with Crippen LogP contribution >= 0.6 is 11.6 Å². The Morgan fingerprint density at radius 3 is 2.48 bits per heavy atom. The largest absolute Gasteiger partial charge is 0.357 e. The molecule has 0 heterocycles. The van der Waals surface area contributed by atoms with Crippen molar-refractivity contribution in [3.63, 3.8) is 0 Å². The lowest BCUT2D eigenvalue weighted by Gasteiger charge is -2.09. The maximum Gasteiger partial charge on any atom is 0.226 e. The van der Waals surface area contributed by atoms with E-state index < -0.39 is 0 Å². The lowest BCUT2D eigenvalue weighted by Crippen LogP contribution is -2.37. The Hall–Kier alpha value is -1.75. The molecule has 0 bridgehead atoms. The second kappa shape index (κ2) is 9.23. The minimum atomic E-state index is -0.100. The summed E-state index contributed by atoms with van der Waals surface area (Å²) < 4.78 is 0. The monoisotopic (exact) mass is 310 g/mol. The molecular formula is C15H23ClN4O. The van der Waals surface area contributed by atoms with Gasteiger partial charge in [0.1, 0.15) is 0 Å². The van der Waals surface area contributed by atoms with Crippen molar-refractivity contribution in [2.45, 2.75) is 27.2 Å². The van der Waals surface area contributed by atoms with Gasteiger partial charge in [0, 0.05) is 19.5 Å². The van der Waals surface area contributed by atoms with Crippen LogP contribution in [0.3, 0.4) is 0 Å². The fourth-order valence-corrected chi connectivity index (χ4v) is 2.00. The molecule has 1 aromatic carbocycles. The maximum atomic E-state index is 11.9. The van der Waals surface area contributed by atoms with E-state index in [0.717, 1.165) is 24.6 Å². The number of nitrogens with zero attached hydrogens (tertiary/aromatic N) is 1. The molecule has 116 valence electrons. The molecule has 3 N–H and O–H groups in total. The molecule has 0 aliphatic rings. The first-order chi connectivity index (χ1) is 10.1. The lowest BCUT2D eigenvalue weighted by molar-refractivity contribution is -0.116. The van der Waals surface area contributed by atoms with Crippen molar-refractivity contribution in [1.82, 2.24) is 10.6 Å². The van der Waals surface area contributed by atoms with Crippen LogP contribution in [0.4, 0.5) is 5.69 Å². The fourth-order valence-electron chi connectivity index (χ4n) is 1.71. The molecule has 0 radical (unpaired) electrons. The normalized spacial score (nSPS) is 9.90. The minimum Gasteiger partial charge on any atom is -0.357 e. The van der Waals surface area contributed by atoms with Crippen molar-refractivity contribution in [1.29, 1.82) is 0 Å². The summed E-state index contributed by atoms with van der Waals surface area (Å²) in [4.78, 5) is 16.2. The fraction of sp³-hybridized carbons (Fsp3) is 0.467. The highest BCUT2D eigenvalue weighted by atomic mass is 35.5. The highest BCUT2D eigenvalue weighted by Gasteiger charge is 2.05. The highest BCUT2D eigenvalue weighted by Crippen LogP contribution is 2.22. The predicted molar refractivity (Wildman–Crippen MR) is 89.1 cm³/mol. The molecule has 0 saturated carbocycles. The van der Waals surface area contributed by atoms with Gasteiger partial charge in [0.05, 0.1) is 17.3 Å². The Morgan fingerprint density at radius 2 is 1.90 bits per heavy atom. The van der Waals surface area contributed by atoms with Crippen LogP contribution in [0.15, 0.2) is 23.2 Å². The summed E-state index contributed by atoms with van der Waals surface area (Å²) in [5.41, 5.74) is 1.69. The minimum absolute atomic E-state index is 0.100. The Kier molecular flexibility index (Phi) is 7.61. The number of anilines is 1. The van der Waals surface area contributed by atoms with Gasteiger partial charge >= 0.3 is 0 Å². The van der Waals surface area contributed by atoms with Crippen molar-refractivity contribution in [3.05, 3.63) is 28.8 Å². The number of carbonyl (C=O) groups is 1. The molecule has 21 heavy (non-hydrogen) atoms. The number of carbonyl (C=O) groups excluding carboxylic acids is 1. The molecule has 0 fully saturated rings. The van der Waals surface area contributed by atoms with Gasteiger partial charge in [-0.25, -0.2) is 0 Å². The number of guanidine groups is 1. The molecule has 1 rings (SSSR count). The Morgan fingerprint density at radius 1 is 1.24 bits per heavy atom.